The lowest BCUT2D eigenvalue weighted by Crippen LogP contribution is -2.44. The van der Waals surface area contributed by atoms with Gasteiger partial charge in [0.05, 0.1) is 0 Å². The number of nitrogens with two attached hydrogens (primary N) is 1. The van der Waals surface area contributed by atoms with E-state index in [9.17, 15) is 8.42 Å². The molecule has 0 aromatic rings. The normalized spacial score (nSPS) is 14.8. The van der Waals surface area contributed by atoms with E-state index in [-0.39, 0.29) is 6.04 Å². The Labute approximate surface area is 80.5 Å². The van der Waals surface area contributed by atoms with Gasteiger partial charge >= 0.3 is 0 Å². The fraction of sp³-hybridized carbons (Fsp3) is 1.00. The lowest BCUT2D eigenvalue weighted by Gasteiger charge is -2.22. The quantitative estimate of drug-likeness (QED) is 0.620. The van der Waals surface area contributed by atoms with Crippen LogP contribution in [0.3, 0.4) is 0 Å². The molecule has 6 heteroatoms. The maximum Gasteiger partial charge on any atom is 0.274 e. The average Bonchev–Trinajstić information content (AvgIpc) is 1.96. The minimum atomic E-state index is -3.56. The van der Waals surface area contributed by atoms with Crippen molar-refractivity contribution in [2.24, 2.45) is 5.14 Å². The number of nitrogens with one attached hydrogen (secondary N) is 1. The van der Waals surface area contributed by atoms with Crippen LogP contribution in [0.15, 0.2) is 0 Å². The molecule has 3 N–H and O–H groups in total. The molecule has 0 radical (unpaired) electrons. The van der Waals surface area contributed by atoms with Crippen LogP contribution in [0, 0.1) is 0 Å². The SMILES string of the molecule is CCN(CC)CC(C)NS(N)(=O)=O. The highest BCUT2D eigenvalue weighted by Gasteiger charge is 2.11. The fourth-order valence-corrected chi connectivity index (χ4v) is 1.82. The molecule has 0 rings (SSSR count). The molecular weight excluding hydrogens is 190 g/mol. The second-order valence-electron chi connectivity index (χ2n) is 3.05. The monoisotopic (exact) mass is 209 g/mol. The smallest absolute Gasteiger partial charge is 0.274 e. The molecule has 5 nitrogen and oxygen atoms in total. The van der Waals surface area contributed by atoms with E-state index in [0.29, 0.717) is 6.54 Å². The first-order valence-corrected chi connectivity index (χ1v) is 5.96. The second-order valence-corrected chi connectivity index (χ2v) is 4.38. The molecule has 0 aliphatic carbocycles. The molecule has 0 fully saturated rings. The Balaban J connectivity index is 3.93. The van der Waals surface area contributed by atoms with Gasteiger partial charge in [-0.3, -0.25) is 0 Å². The summed E-state index contributed by atoms with van der Waals surface area (Å²) in [6, 6.07) is -0.144. The van der Waals surface area contributed by atoms with E-state index in [4.69, 9.17) is 5.14 Å². The van der Waals surface area contributed by atoms with E-state index in [1.54, 1.807) is 6.92 Å². The van der Waals surface area contributed by atoms with Gasteiger partial charge in [-0.2, -0.15) is 13.1 Å². The Bertz CT molecular complexity index is 224. The molecule has 0 amide bonds. The van der Waals surface area contributed by atoms with Crippen molar-refractivity contribution in [3.8, 4) is 0 Å². The van der Waals surface area contributed by atoms with Gasteiger partial charge in [0.2, 0.25) is 0 Å². The number of hydrogen-bond donors (Lipinski definition) is 2. The summed E-state index contributed by atoms with van der Waals surface area (Å²) in [5.74, 6) is 0. The topological polar surface area (TPSA) is 75.4 Å². The third-order valence-corrected chi connectivity index (χ3v) is 2.52. The van der Waals surface area contributed by atoms with E-state index >= 15 is 0 Å². The van der Waals surface area contributed by atoms with Crippen molar-refractivity contribution in [1.82, 2.24) is 9.62 Å². The Morgan fingerprint density at radius 2 is 1.85 bits per heavy atom. The number of likely N-dealkylation sites (N-methyl/N-ethyl adjacent to an activating group) is 1. The predicted octanol–water partition coefficient (Wildman–Crippen LogP) is -0.490. The first kappa shape index (κ1) is 12.8. The zero-order chi connectivity index (χ0) is 10.5. The van der Waals surface area contributed by atoms with E-state index in [2.05, 4.69) is 9.62 Å². The molecule has 13 heavy (non-hydrogen) atoms. The summed E-state index contributed by atoms with van der Waals surface area (Å²) in [6.07, 6.45) is 0. The van der Waals surface area contributed by atoms with Crippen LogP contribution in [0.5, 0.6) is 0 Å². The maximum absolute atomic E-state index is 10.6. The van der Waals surface area contributed by atoms with Gasteiger partial charge in [-0.25, -0.2) is 5.14 Å². The van der Waals surface area contributed by atoms with Crippen LogP contribution in [0.2, 0.25) is 0 Å². The van der Waals surface area contributed by atoms with Crippen LogP contribution in [-0.2, 0) is 10.2 Å². The maximum atomic E-state index is 10.6. The second kappa shape index (κ2) is 5.54. The van der Waals surface area contributed by atoms with Crippen molar-refractivity contribution in [2.45, 2.75) is 26.8 Å². The highest BCUT2D eigenvalue weighted by Crippen LogP contribution is 1.91. The van der Waals surface area contributed by atoms with Gasteiger partial charge in [0, 0.05) is 12.6 Å². The summed E-state index contributed by atoms with van der Waals surface area (Å²) >= 11 is 0. The van der Waals surface area contributed by atoms with Gasteiger partial charge in [0.25, 0.3) is 10.2 Å². The molecular formula is C7H19N3O2S. The summed E-state index contributed by atoms with van der Waals surface area (Å²) in [6.45, 7) is 8.37. The van der Waals surface area contributed by atoms with Gasteiger partial charge in [-0.1, -0.05) is 13.8 Å². The van der Waals surface area contributed by atoms with Crippen molar-refractivity contribution in [3.05, 3.63) is 0 Å². The van der Waals surface area contributed by atoms with Crippen molar-refractivity contribution in [3.63, 3.8) is 0 Å². The average molecular weight is 209 g/mol. The molecule has 0 aromatic carbocycles. The minimum Gasteiger partial charge on any atom is -0.302 e. The number of nitrogens with zero attached hydrogens (tertiary/aromatic N) is 1. The zero-order valence-corrected chi connectivity index (χ0v) is 9.26. The summed E-state index contributed by atoms with van der Waals surface area (Å²) in [7, 11) is -3.56. The summed E-state index contributed by atoms with van der Waals surface area (Å²) in [5, 5.41) is 4.84. The molecule has 0 aliphatic heterocycles. The van der Waals surface area contributed by atoms with Crippen LogP contribution in [0.4, 0.5) is 0 Å². The molecule has 0 saturated carbocycles. The molecule has 0 saturated heterocycles. The van der Waals surface area contributed by atoms with E-state index < -0.39 is 10.2 Å². The lowest BCUT2D eigenvalue weighted by atomic mass is 10.3. The standard InChI is InChI=1S/C7H19N3O2S/c1-4-10(5-2)6-7(3)9-13(8,11)12/h7,9H,4-6H2,1-3H3,(H2,8,11,12). The highest BCUT2D eigenvalue weighted by atomic mass is 32.2. The van der Waals surface area contributed by atoms with Crippen molar-refractivity contribution < 1.29 is 8.42 Å². The van der Waals surface area contributed by atoms with E-state index in [0.717, 1.165) is 13.1 Å². The van der Waals surface area contributed by atoms with Crippen molar-refractivity contribution in [2.75, 3.05) is 19.6 Å². The number of rotatable bonds is 6. The first-order valence-electron chi connectivity index (χ1n) is 4.41. The number of hydrogen-bond acceptors (Lipinski definition) is 3. The molecule has 0 spiro atoms. The van der Waals surface area contributed by atoms with Gasteiger partial charge in [-0.05, 0) is 20.0 Å². The van der Waals surface area contributed by atoms with Gasteiger partial charge in [0.15, 0.2) is 0 Å². The summed E-state index contributed by atoms with van der Waals surface area (Å²) in [5.41, 5.74) is 0. The van der Waals surface area contributed by atoms with Crippen LogP contribution < -0.4 is 9.86 Å². The molecule has 0 heterocycles. The predicted molar refractivity (Wildman–Crippen MR) is 53.5 cm³/mol. The largest absolute Gasteiger partial charge is 0.302 e. The van der Waals surface area contributed by atoms with E-state index in [1.165, 1.54) is 0 Å². The third kappa shape index (κ3) is 6.94. The Morgan fingerprint density at radius 3 is 2.15 bits per heavy atom. The Kier molecular flexibility index (Phi) is 5.46. The third-order valence-electron chi connectivity index (χ3n) is 1.79. The van der Waals surface area contributed by atoms with Crippen LogP contribution in [0.25, 0.3) is 0 Å². The summed E-state index contributed by atoms with van der Waals surface area (Å²) < 4.78 is 23.6. The molecule has 1 unspecified atom stereocenters. The molecule has 1 atom stereocenters. The van der Waals surface area contributed by atoms with E-state index in [1.807, 2.05) is 13.8 Å². The highest BCUT2D eigenvalue weighted by molar-refractivity contribution is 7.87. The summed E-state index contributed by atoms with van der Waals surface area (Å²) in [4.78, 5) is 2.13. The molecule has 80 valence electrons. The van der Waals surface area contributed by atoms with Crippen LogP contribution in [-0.4, -0.2) is 39.0 Å². The van der Waals surface area contributed by atoms with Crippen molar-refractivity contribution in [1.29, 1.82) is 0 Å². The Morgan fingerprint density at radius 1 is 1.38 bits per heavy atom. The minimum absolute atomic E-state index is 0.144. The lowest BCUT2D eigenvalue weighted by molar-refractivity contribution is 0.282. The Hall–Kier alpha value is -0.170. The molecule has 0 aromatic heterocycles. The van der Waals surface area contributed by atoms with Gasteiger partial charge in [0.1, 0.15) is 0 Å². The first-order chi connectivity index (χ1) is 5.89. The van der Waals surface area contributed by atoms with Gasteiger partial charge in [-0.15, -0.1) is 0 Å². The fourth-order valence-electron chi connectivity index (χ4n) is 1.19. The molecule has 0 aliphatic rings. The van der Waals surface area contributed by atoms with Crippen LogP contribution >= 0.6 is 0 Å². The zero-order valence-electron chi connectivity index (χ0n) is 8.45. The molecule has 0 bridgehead atoms. The van der Waals surface area contributed by atoms with Crippen LogP contribution in [0.1, 0.15) is 20.8 Å². The van der Waals surface area contributed by atoms with Crippen molar-refractivity contribution >= 4 is 10.2 Å². The van der Waals surface area contributed by atoms with Gasteiger partial charge < -0.3 is 4.90 Å².